The second-order valence-electron chi connectivity index (χ2n) is 2.89. The van der Waals surface area contributed by atoms with Gasteiger partial charge in [-0.25, -0.2) is 4.98 Å². The lowest BCUT2D eigenvalue weighted by molar-refractivity contribution is 1.35. The van der Waals surface area contributed by atoms with E-state index in [1.54, 1.807) is 0 Å². The molecule has 4 heteroatoms. The Balaban J connectivity index is 2.93. The average molecular weight is 172 g/mol. The quantitative estimate of drug-likeness (QED) is 0.629. The van der Waals surface area contributed by atoms with Crippen LogP contribution >= 0.6 is 0 Å². The summed E-state index contributed by atoms with van der Waals surface area (Å²) in [7, 11) is 0. The predicted octanol–water partition coefficient (Wildman–Crippen LogP) is 1.33. The molecule has 1 aromatic carbocycles. The predicted molar refractivity (Wildman–Crippen MR) is 50.0 cm³/mol. The van der Waals surface area contributed by atoms with Crippen LogP contribution < -0.4 is 5.73 Å². The highest BCUT2D eigenvalue weighted by molar-refractivity contribution is 5.84. The van der Waals surface area contributed by atoms with E-state index in [9.17, 15) is 0 Å². The molecule has 64 valence electrons. The van der Waals surface area contributed by atoms with Crippen LogP contribution in [0.3, 0.4) is 0 Å². The van der Waals surface area contributed by atoms with Crippen LogP contribution in [0.1, 0.15) is 11.1 Å². The van der Waals surface area contributed by atoms with Gasteiger partial charge in [-0.2, -0.15) is 5.26 Å². The number of aromatic amines is 1. The fraction of sp³-hybridized carbons (Fsp3) is 0.111. The van der Waals surface area contributed by atoms with E-state index in [2.05, 4.69) is 16.0 Å². The van der Waals surface area contributed by atoms with Crippen molar-refractivity contribution in [1.82, 2.24) is 9.97 Å². The summed E-state index contributed by atoms with van der Waals surface area (Å²) in [5, 5.41) is 8.88. The Morgan fingerprint density at radius 1 is 1.54 bits per heavy atom. The van der Waals surface area contributed by atoms with Crippen LogP contribution in [0.15, 0.2) is 12.1 Å². The van der Waals surface area contributed by atoms with Crippen molar-refractivity contribution in [3.63, 3.8) is 0 Å². The number of benzene rings is 1. The normalized spacial score (nSPS) is 10.2. The number of nitrogen functional groups attached to an aromatic ring is 1. The van der Waals surface area contributed by atoms with Crippen molar-refractivity contribution in [2.24, 2.45) is 0 Å². The number of nitrogens with two attached hydrogens (primary N) is 1. The lowest BCUT2D eigenvalue weighted by atomic mass is 10.1. The summed E-state index contributed by atoms with van der Waals surface area (Å²) in [6.45, 7) is 1.88. The molecule has 0 aliphatic rings. The van der Waals surface area contributed by atoms with Crippen molar-refractivity contribution >= 4 is 17.0 Å². The van der Waals surface area contributed by atoms with Crippen LogP contribution in [0.25, 0.3) is 11.0 Å². The summed E-state index contributed by atoms with van der Waals surface area (Å²) in [5.74, 6) is 0.345. The highest BCUT2D eigenvalue weighted by Crippen LogP contribution is 2.19. The maximum absolute atomic E-state index is 8.88. The molecule has 0 saturated heterocycles. The molecule has 0 bridgehead atoms. The summed E-state index contributed by atoms with van der Waals surface area (Å²) < 4.78 is 0. The van der Waals surface area contributed by atoms with Gasteiger partial charge in [0.1, 0.15) is 11.6 Å². The van der Waals surface area contributed by atoms with Crippen molar-refractivity contribution < 1.29 is 0 Å². The van der Waals surface area contributed by atoms with Crippen molar-refractivity contribution in [1.29, 1.82) is 5.26 Å². The number of rotatable bonds is 0. The fourth-order valence-corrected chi connectivity index (χ4v) is 1.34. The van der Waals surface area contributed by atoms with Crippen LogP contribution in [0.4, 0.5) is 5.95 Å². The van der Waals surface area contributed by atoms with Gasteiger partial charge in [-0.05, 0) is 18.6 Å². The van der Waals surface area contributed by atoms with E-state index in [0.717, 1.165) is 11.1 Å². The van der Waals surface area contributed by atoms with E-state index < -0.39 is 0 Å². The number of aryl methyl sites for hydroxylation is 1. The first-order valence-corrected chi connectivity index (χ1v) is 3.87. The zero-order valence-electron chi connectivity index (χ0n) is 7.13. The van der Waals surface area contributed by atoms with E-state index in [-0.39, 0.29) is 0 Å². The van der Waals surface area contributed by atoms with Gasteiger partial charge in [0.05, 0.1) is 11.1 Å². The number of hydrogen-bond donors (Lipinski definition) is 2. The Morgan fingerprint density at radius 2 is 2.31 bits per heavy atom. The highest BCUT2D eigenvalue weighted by Gasteiger charge is 2.07. The number of H-pyrrole nitrogens is 1. The number of nitrogens with zero attached hydrogens (tertiary/aromatic N) is 2. The second kappa shape index (κ2) is 2.49. The number of anilines is 1. The molecule has 0 atom stereocenters. The number of nitriles is 1. The minimum atomic E-state index is 0.345. The van der Waals surface area contributed by atoms with Gasteiger partial charge in [-0.3, -0.25) is 0 Å². The number of hydrogen-bond acceptors (Lipinski definition) is 3. The molecule has 0 amide bonds. The molecule has 2 rings (SSSR count). The third kappa shape index (κ3) is 1.02. The van der Waals surface area contributed by atoms with E-state index in [1.165, 1.54) is 0 Å². The standard InChI is InChI=1S/C9H8N4/c1-5-2-3-7-8(6(5)4-10)13-9(11)12-7/h2-3H,1H3,(H3,11,12,13). The minimum Gasteiger partial charge on any atom is -0.369 e. The molecule has 0 saturated carbocycles. The molecule has 1 aromatic heterocycles. The molecule has 0 fully saturated rings. The minimum absolute atomic E-state index is 0.345. The molecule has 3 N–H and O–H groups in total. The summed E-state index contributed by atoms with van der Waals surface area (Å²) in [6.07, 6.45) is 0. The van der Waals surface area contributed by atoms with Crippen LogP contribution in [0.5, 0.6) is 0 Å². The van der Waals surface area contributed by atoms with Crippen LogP contribution in [-0.2, 0) is 0 Å². The molecule has 0 aliphatic carbocycles. The fourth-order valence-electron chi connectivity index (χ4n) is 1.34. The molecular weight excluding hydrogens is 164 g/mol. The first-order chi connectivity index (χ1) is 6.22. The zero-order valence-corrected chi connectivity index (χ0v) is 7.13. The maximum Gasteiger partial charge on any atom is 0.198 e. The molecular formula is C9H8N4. The van der Waals surface area contributed by atoms with Crippen LogP contribution in [-0.4, -0.2) is 9.97 Å². The highest BCUT2D eigenvalue weighted by atomic mass is 15.0. The zero-order chi connectivity index (χ0) is 9.42. The number of nitrogens with one attached hydrogen (secondary N) is 1. The van der Waals surface area contributed by atoms with Crippen molar-refractivity contribution in [2.45, 2.75) is 6.92 Å². The van der Waals surface area contributed by atoms with Crippen molar-refractivity contribution in [2.75, 3.05) is 5.73 Å². The Morgan fingerprint density at radius 3 is 3.00 bits per heavy atom. The molecule has 0 unspecified atom stereocenters. The van der Waals surface area contributed by atoms with Crippen LogP contribution in [0, 0.1) is 18.3 Å². The largest absolute Gasteiger partial charge is 0.369 e. The van der Waals surface area contributed by atoms with E-state index in [4.69, 9.17) is 11.0 Å². The van der Waals surface area contributed by atoms with Gasteiger partial charge >= 0.3 is 0 Å². The molecule has 13 heavy (non-hydrogen) atoms. The van der Waals surface area contributed by atoms with Gasteiger partial charge in [-0.1, -0.05) is 6.07 Å². The molecule has 0 spiro atoms. The summed E-state index contributed by atoms with van der Waals surface area (Å²) in [5.41, 5.74) is 8.45. The SMILES string of the molecule is Cc1ccc2[nH]c(N)nc2c1C#N. The first kappa shape index (κ1) is 7.62. The van der Waals surface area contributed by atoms with E-state index in [0.29, 0.717) is 17.0 Å². The lowest BCUT2D eigenvalue weighted by Crippen LogP contribution is -1.85. The van der Waals surface area contributed by atoms with Gasteiger partial charge in [0.25, 0.3) is 0 Å². The third-order valence-electron chi connectivity index (χ3n) is 1.99. The van der Waals surface area contributed by atoms with Gasteiger partial charge in [0.15, 0.2) is 5.95 Å². The molecule has 2 aromatic rings. The van der Waals surface area contributed by atoms with Crippen molar-refractivity contribution in [3.8, 4) is 6.07 Å². The molecule has 4 nitrogen and oxygen atoms in total. The summed E-state index contributed by atoms with van der Waals surface area (Å²) >= 11 is 0. The average Bonchev–Trinajstić information content (AvgIpc) is 2.45. The Labute approximate surface area is 75.0 Å². The van der Waals surface area contributed by atoms with E-state index >= 15 is 0 Å². The van der Waals surface area contributed by atoms with Crippen molar-refractivity contribution in [3.05, 3.63) is 23.3 Å². The number of fused-ring (bicyclic) bond motifs is 1. The number of aromatic nitrogens is 2. The third-order valence-corrected chi connectivity index (χ3v) is 1.99. The Hall–Kier alpha value is -2.02. The Kier molecular flexibility index (Phi) is 1.46. The summed E-state index contributed by atoms with van der Waals surface area (Å²) in [6, 6.07) is 5.86. The summed E-state index contributed by atoms with van der Waals surface area (Å²) in [4.78, 5) is 6.92. The maximum atomic E-state index is 8.88. The van der Waals surface area contributed by atoms with Crippen LogP contribution in [0.2, 0.25) is 0 Å². The topological polar surface area (TPSA) is 78.5 Å². The monoisotopic (exact) mass is 172 g/mol. The van der Waals surface area contributed by atoms with Gasteiger partial charge < -0.3 is 10.7 Å². The Bertz CT molecular complexity index is 504. The van der Waals surface area contributed by atoms with E-state index in [1.807, 2.05) is 19.1 Å². The van der Waals surface area contributed by atoms with Gasteiger partial charge in [0, 0.05) is 0 Å². The second-order valence-corrected chi connectivity index (χ2v) is 2.89. The number of imidazole rings is 1. The lowest BCUT2D eigenvalue weighted by Gasteiger charge is -1.95. The van der Waals surface area contributed by atoms with Gasteiger partial charge in [-0.15, -0.1) is 0 Å². The molecule has 1 heterocycles. The molecule has 0 radical (unpaired) electrons. The smallest absolute Gasteiger partial charge is 0.198 e. The first-order valence-electron chi connectivity index (χ1n) is 3.87. The van der Waals surface area contributed by atoms with Gasteiger partial charge in [0.2, 0.25) is 0 Å². The molecule has 0 aliphatic heterocycles.